The first-order valence-corrected chi connectivity index (χ1v) is 12.6. The lowest BCUT2D eigenvalue weighted by Gasteiger charge is -2.50. The van der Waals surface area contributed by atoms with Crippen molar-refractivity contribution in [3.05, 3.63) is 160 Å². The molecule has 2 aliphatic rings. The van der Waals surface area contributed by atoms with Gasteiger partial charge in [-0.15, -0.1) is 0 Å². The SMILES string of the molecule is Cc1cc2c(cc1C)C1(c3ccccc3C2O)c2ccccc2N(c2ccccc2)c2ccccc21. The van der Waals surface area contributed by atoms with E-state index >= 15 is 0 Å². The molecule has 5 aromatic rings. The van der Waals surface area contributed by atoms with Gasteiger partial charge in [-0.1, -0.05) is 91.0 Å². The summed E-state index contributed by atoms with van der Waals surface area (Å²) in [6.07, 6.45) is -0.660. The summed E-state index contributed by atoms with van der Waals surface area (Å²) < 4.78 is 0. The molecule has 0 saturated carbocycles. The summed E-state index contributed by atoms with van der Waals surface area (Å²) in [6, 6.07) is 41.1. The minimum absolute atomic E-state index is 0.540. The fourth-order valence-electron chi connectivity index (χ4n) is 6.46. The van der Waals surface area contributed by atoms with Crippen molar-refractivity contribution < 1.29 is 5.11 Å². The maximum Gasteiger partial charge on any atom is 0.105 e. The molecular weight excluding hydrogens is 438 g/mol. The van der Waals surface area contributed by atoms with Crippen molar-refractivity contribution in [1.29, 1.82) is 0 Å². The second-order valence-corrected chi connectivity index (χ2v) is 9.97. The zero-order valence-corrected chi connectivity index (χ0v) is 20.4. The summed E-state index contributed by atoms with van der Waals surface area (Å²) in [7, 11) is 0. The van der Waals surface area contributed by atoms with Crippen LogP contribution in [0.4, 0.5) is 17.1 Å². The summed E-state index contributed by atoms with van der Waals surface area (Å²) in [4.78, 5) is 2.38. The zero-order valence-electron chi connectivity index (χ0n) is 20.4. The van der Waals surface area contributed by atoms with Crippen LogP contribution >= 0.6 is 0 Å². The number of aliphatic hydroxyl groups excluding tert-OH is 1. The third-order valence-electron chi connectivity index (χ3n) is 8.14. The molecule has 1 aliphatic heterocycles. The lowest BCUT2D eigenvalue weighted by atomic mass is 9.57. The van der Waals surface area contributed by atoms with E-state index in [1.807, 2.05) is 6.07 Å². The largest absolute Gasteiger partial charge is 0.384 e. The van der Waals surface area contributed by atoms with Gasteiger partial charge < -0.3 is 10.0 Å². The van der Waals surface area contributed by atoms with E-state index in [0.717, 1.165) is 33.8 Å². The van der Waals surface area contributed by atoms with Crippen LogP contribution in [0.15, 0.2) is 115 Å². The molecule has 36 heavy (non-hydrogen) atoms. The summed E-state index contributed by atoms with van der Waals surface area (Å²) in [5.41, 5.74) is 12.1. The van der Waals surface area contributed by atoms with E-state index in [2.05, 4.69) is 128 Å². The molecule has 2 heteroatoms. The third kappa shape index (κ3) is 2.65. The highest BCUT2D eigenvalue weighted by atomic mass is 16.3. The molecule has 1 aliphatic carbocycles. The van der Waals surface area contributed by atoms with E-state index in [0.29, 0.717) is 0 Å². The number of para-hydroxylation sites is 3. The molecular formula is C34H27NO. The average Bonchev–Trinajstić information content (AvgIpc) is 2.93. The van der Waals surface area contributed by atoms with Gasteiger partial charge in [0.1, 0.15) is 6.10 Å². The smallest absolute Gasteiger partial charge is 0.105 e. The molecule has 0 amide bonds. The van der Waals surface area contributed by atoms with E-state index in [4.69, 9.17) is 0 Å². The Bertz CT molecular complexity index is 1590. The Labute approximate surface area is 212 Å². The van der Waals surface area contributed by atoms with E-state index in [1.54, 1.807) is 0 Å². The van der Waals surface area contributed by atoms with Crippen molar-refractivity contribution in [3.8, 4) is 0 Å². The van der Waals surface area contributed by atoms with Crippen molar-refractivity contribution in [3.63, 3.8) is 0 Å². The standard InChI is InChI=1S/C34H27NO/c1-22-20-26-30(21-23(22)2)34(27-15-7-6-14-25(27)33(26)36)28-16-8-10-18-31(28)35(24-12-4-3-5-13-24)32-19-11-9-17-29(32)34/h3-21,33,36H,1-2H3. The molecule has 5 aromatic carbocycles. The molecule has 1 N–H and O–H groups in total. The van der Waals surface area contributed by atoms with Crippen LogP contribution in [0.2, 0.25) is 0 Å². The molecule has 1 spiro atoms. The number of hydrogen-bond donors (Lipinski definition) is 1. The van der Waals surface area contributed by atoms with Crippen LogP contribution in [0.5, 0.6) is 0 Å². The van der Waals surface area contributed by atoms with Crippen molar-refractivity contribution in [2.24, 2.45) is 0 Å². The number of rotatable bonds is 1. The van der Waals surface area contributed by atoms with Crippen LogP contribution in [0.3, 0.4) is 0 Å². The van der Waals surface area contributed by atoms with E-state index in [-0.39, 0.29) is 0 Å². The van der Waals surface area contributed by atoms with Crippen molar-refractivity contribution in [1.82, 2.24) is 0 Å². The minimum atomic E-state index is -0.660. The Hall–Kier alpha value is -4.14. The Morgan fingerprint density at radius 1 is 0.556 bits per heavy atom. The van der Waals surface area contributed by atoms with Crippen LogP contribution in [-0.4, -0.2) is 5.11 Å². The topological polar surface area (TPSA) is 23.5 Å². The van der Waals surface area contributed by atoms with E-state index in [1.165, 1.54) is 27.8 Å². The normalized spacial score (nSPS) is 16.6. The highest BCUT2D eigenvalue weighted by molar-refractivity contribution is 5.90. The zero-order chi connectivity index (χ0) is 24.4. The van der Waals surface area contributed by atoms with Crippen molar-refractivity contribution in [2.75, 3.05) is 4.90 Å². The Kier molecular flexibility index (Phi) is 4.52. The lowest BCUT2D eigenvalue weighted by molar-refractivity contribution is 0.212. The van der Waals surface area contributed by atoms with Crippen molar-refractivity contribution >= 4 is 17.1 Å². The highest BCUT2D eigenvalue weighted by Gasteiger charge is 2.51. The molecule has 2 nitrogen and oxygen atoms in total. The monoisotopic (exact) mass is 465 g/mol. The number of fused-ring (bicyclic) bond motifs is 8. The second kappa shape index (κ2) is 7.68. The maximum atomic E-state index is 11.7. The molecule has 0 fully saturated rings. The summed E-state index contributed by atoms with van der Waals surface area (Å²) >= 11 is 0. The first kappa shape index (κ1) is 21.2. The van der Waals surface area contributed by atoms with Gasteiger partial charge in [0.2, 0.25) is 0 Å². The minimum Gasteiger partial charge on any atom is -0.384 e. The van der Waals surface area contributed by atoms with Crippen LogP contribution in [0.25, 0.3) is 0 Å². The predicted molar refractivity (Wildman–Crippen MR) is 147 cm³/mol. The van der Waals surface area contributed by atoms with Gasteiger partial charge in [-0.05, 0) is 82.6 Å². The van der Waals surface area contributed by atoms with Crippen molar-refractivity contribution in [2.45, 2.75) is 25.4 Å². The lowest BCUT2D eigenvalue weighted by Crippen LogP contribution is -2.42. The number of aryl methyl sites for hydroxylation is 2. The summed E-state index contributed by atoms with van der Waals surface area (Å²) in [6.45, 7) is 4.31. The van der Waals surface area contributed by atoms with Gasteiger partial charge in [-0.2, -0.15) is 0 Å². The first-order chi connectivity index (χ1) is 17.6. The molecule has 174 valence electrons. The van der Waals surface area contributed by atoms with Gasteiger partial charge in [0, 0.05) is 5.69 Å². The molecule has 0 aromatic heterocycles. The number of hydrogen-bond acceptors (Lipinski definition) is 2. The van der Waals surface area contributed by atoms with Gasteiger partial charge in [0.05, 0.1) is 16.8 Å². The van der Waals surface area contributed by atoms with Gasteiger partial charge in [-0.3, -0.25) is 0 Å². The van der Waals surface area contributed by atoms with Gasteiger partial charge in [-0.25, -0.2) is 0 Å². The average molecular weight is 466 g/mol. The van der Waals surface area contributed by atoms with Crippen LogP contribution in [0, 0.1) is 13.8 Å². The maximum absolute atomic E-state index is 11.7. The molecule has 0 bridgehead atoms. The number of anilines is 3. The Morgan fingerprint density at radius 2 is 1.08 bits per heavy atom. The summed E-state index contributed by atoms with van der Waals surface area (Å²) in [5.74, 6) is 0. The van der Waals surface area contributed by atoms with E-state index in [9.17, 15) is 5.11 Å². The van der Waals surface area contributed by atoms with Gasteiger partial charge in [0.15, 0.2) is 0 Å². The molecule has 1 heterocycles. The molecule has 1 unspecified atom stereocenters. The predicted octanol–water partition coefficient (Wildman–Crippen LogP) is 7.86. The number of nitrogens with zero attached hydrogens (tertiary/aromatic N) is 1. The fraction of sp³-hybridized carbons (Fsp3) is 0.118. The third-order valence-corrected chi connectivity index (χ3v) is 8.14. The van der Waals surface area contributed by atoms with Crippen LogP contribution in [0.1, 0.15) is 50.6 Å². The molecule has 7 rings (SSSR count). The van der Waals surface area contributed by atoms with Gasteiger partial charge in [0.25, 0.3) is 0 Å². The first-order valence-electron chi connectivity index (χ1n) is 12.6. The Morgan fingerprint density at radius 3 is 1.75 bits per heavy atom. The van der Waals surface area contributed by atoms with Crippen LogP contribution in [-0.2, 0) is 5.41 Å². The fourth-order valence-corrected chi connectivity index (χ4v) is 6.46. The summed E-state index contributed by atoms with van der Waals surface area (Å²) in [5, 5.41) is 11.7. The van der Waals surface area contributed by atoms with Gasteiger partial charge >= 0.3 is 0 Å². The van der Waals surface area contributed by atoms with E-state index < -0.39 is 11.5 Å². The molecule has 0 radical (unpaired) electrons. The molecule has 1 atom stereocenters. The number of benzene rings is 5. The van der Waals surface area contributed by atoms with Crippen LogP contribution < -0.4 is 4.90 Å². The quantitative estimate of drug-likeness (QED) is 0.267. The second-order valence-electron chi connectivity index (χ2n) is 9.97. The molecule has 0 saturated heterocycles. The highest BCUT2D eigenvalue weighted by Crippen LogP contribution is 2.61. The number of aliphatic hydroxyl groups is 1. The Balaban J connectivity index is 1.69.